The molecule has 1 aliphatic heterocycles. The number of amides is 1. The van der Waals surface area contributed by atoms with Gasteiger partial charge in [-0.1, -0.05) is 6.07 Å². The van der Waals surface area contributed by atoms with Gasteiger partial charge in [-0.25, -0.2) is 0 Å². The van der Waals surface area contributed by atoms with Crippen LogP contribution in [-0.2, 0) is 4.79 Å². The van der Waals surface area contributed by atoms with Crippen molar-refractivity contribution in [2.75, 3.05) is 11.4 Å². The SMILES string of the molecule is O=C1CC(O)CN1c1cccc(O)c1. The summed E-state index contributed by atoms with van der Waals surface area (Å²) in [7, 11) is 0. The number of aliphatic hydroxyl groups is 1. The molecule has 0 aliphatic carbocycles. The van der Waals surface area contributed by atoms with Gasteiger partial charge in [0.05, 0.1) is 19.1 Å². The predicted octanol–water partition coefficient (Wildman–Crippen LogP) is 0.490. The van der Waals surface area contributed by atoms with Gasteiger partial charge in [-0.05, 0) is 12.1 Å². The maximum Gasteiger partial charge on any atom is 0.229 e. The number of phenols is 1. The minimum atomic E-state index is -0.593. The van der Waals surface area contributed by atoms with Crippen LogP contribution in [0.25, 0.3) is 0 Å². The van der Waals surface area contributed by atoms with Gasteiger partial charge in [-0.3, -0.25) is 4.79 Å². The number of hydrogen-bond acceptors (Lipinski definition) is 3. The molecular weight excluding hydrogens is 182 g/mol. The Kier molecular flexibility index (Phi) is 2.13. The van der Waals surface area contributed by atoms with E-state index in [1.165, 1.54) is 11.0 Å². The summed E-state index contributed by atoms with van der Waals surface area (Å²) in [5.74, 6) is 0.0137. The number of carbonyl (C=O) groups is 1. The van der Waals surface area contributed by atoms with E-state index < -0.39 is 6.10 Å². The smallest absolute Gasteiger partial charge is 0.229 e. The van der Waals surface area contributed by atoms with Crippen LogP contribution in [0.3, 0.4) is 0 Å². The minimum Gasteiger partial charge on any atom is -0.508 e. The van der Waals surface area contributed by atoms with Crippen LogP contribution in [-0.4, -0.2) is 28.8 Å². The van der Waals surface area contributed by atoms with Gasteiger partial charge in [-0.15, -0.1) is 0 Å². The van der Waals surface area contributed by atoms with Crippen LogP contribution in [0, 0.1) is 0 Å². The van der Waals surface area contributed by atoms with Gasteiger partial charge in [0.1, 0.15) is 5.75 Å². The molecule has 1 heterocycles. The van der Waals surface area contributed by atoms with Crippen molar-refractivity contribution in [3.8, 4) is 5.75 Å². The Balaban J connectivity index is 2.27. The molecule has 4 heteroatoms. The summed E-state index contributed by atoms with van der Waals surface area (Å²) in [5, 5.41) is 18.5. The summed E-state index contributed by atoms with van der Waals surface area (Å²) in [6.07, 6.45) is -0.430. The second kappa shape index (κ2) is 3.31. The average molecular weight is 193 g/mol. The maximum atomic E-state index is 11.4. The molecule has 0 spiro atoms. The van der Waals surface area contributed by atoms with E-state index >= 15 is 0 Å². The normalized spacial score (nSPS) is 21.6. The number of carbonyl (C=O) groups excluding carboxylic acids is 1. The molecular formula is C10H11NO3. The summed E-state index contributed by atoms with van der Waals surface area (Å²) in [5.41, 5.74) is 0.631. The Bertz CT molecular complexity index is 364. The summed E-state index contributed by atoms with van der Waals surface area (Å²) < 4.78 is 0. The summed E-state index contributed by atoms with van der Waals surface area (Å²) in [6.45, 7) is 0.308. The largest absolute Gasteiger partial charge is 0.508 e. The zero-order valence-electron chi connectivity index (χ0n) is 7.55. The van der Waals surface area contributed by atoms with Crippen LogP contribution in [0.5, 0.6) is 5.75 Å². The van der Waals surface area contributed by atoms with Crippen molar-refractivity contribution in [1.29, 1.82) is 0 Å². The standard InChI is InChI=1S/C10H11NO3/c12-8-3-1-2-7(4-8)11-6-9(13)5-10(11)14/h1-4,9,12-13H,5-6H2. The van der Waals surface area contributed by atoms with Gasteiger partial charge >= 0.3 is 0 Å². The molecule has 2 N–H and O–H groups in total. The van der Waals surface area contributed by atoms with Crippen molar-refractivity contribution in [1.82, 2.24) is 0 Å². The summed E-state index contributed by atoms with van der Waals surface area (Å²) >= 11 is 0. The van der Waals surface area contributed by atoms with Crippen LogP contribution in [0.1, 0.15) is 6.42 Å². The predicted molar refractivity (Wildman–Crippen MR) is 51.1 cm³/mol. The number of anilines is 1. The van der Waals surface area contributed by atoms with Crippen molar-refractivity contribution >= 4 is 11.6 Å². The first-order valence-electron chi connectivity index (χ1n) is 4.44. The molecule has 1 amide bonds. The third-order valence-corrected chi connectivity index (χ3v) is 2.25. The number of rotatable bonds is 1. The lowest BCUT2D eigenvalue weighted by Crippen LogP contribution is -2.24. The second-order valence-electron chi connectivity index (χ2n) is 3.38. The zero-order valence-corrected chi connectivity index (χ0v) is 7.55. The van der Waals surface area contributed by atoms with Crippen molar-refractivity contribution < 1.29 is 15.0 Å². The third kappa shape index (κ3) is 1.56. The highest BCUT2D eigenvalue weighted by atomic mass is 16.3. The quantitative estimate of drug-likeness (QED) is 0.682. The highest BCUT2D eigenvalue weighted by molar-refractivity contribution is 5.96. The van der Waals surface area contributed by atoms with Crippen molar-refractivity contribution in [3.63, 3.8) is 0 Å². The van der Waals surface area contributed by atoms with E-state index in [1.807, 2.05) is 0 Å². The highest BCUT2D eigenvalue weighted by Gasteiger charge is 2.28. The fraction of sp³-hybridized carbons (Fsp3) is 0.300. The van der Waals surface area contributed by atoms with E-state index in [4.69, 9.17) is 0 Å². The fourth-order valence-electron chi connectivity index (χ4n) is 1.60. The molecule has 1 fully saturated rings. The number of phenolic OH excluding ortho intramolecular Hbond substituents is 1. The van der Waals surface area contributed by atoms with Crippen LogP contribution >= 0.6 is 0 Å². The third-order valence-electron chi connectivity index (χ3n) is 2.25. The molecule has 4 nitrogen and oxygen atoms in total. The lowest BCUT2D eigenvalue weighted by molar-refractivity contribution is -0.117. The average Bonchev–Trinajstić information content (AvgIpc) is 2.45. The van der Waals surface area contributed by atoms with E-state index in [0.717, 1.165) is 0 Å². The molecule has 0 saturated carbocycles. The lowest BCUT2D eigenvalue weighted by Gasteiger charge is -2.15. The first-order chi connectivity index (χ1) is 6.66. The van der Waals surface area contributed by atoms with Gasteiger partial charge in [0.25, 0.3) is 0 Å². The van der Waals surface area contributed by atoms with E-state index in [-0.39, 0.29) is 18.1 Å². The number of benzene rings is 1. The van der Waals surface area contributed by atoms with Crippen LogP contribution in [0.15, 0.2) is 24.3 Å². The van der Waals surface area contributed by atoms with Crippen molar-refractivity contribution in [3.05, 3.63) is 24.3 Å². The molecule has 14 heavy (non-hydrogen) atoms. The molecule has 2 rings (SSSR count). The minimum absolute atomic E-state index is 0.108. The Labute approximate surface area is 81.4 Å². The summed E-state index contributed by atoms with van der Waals surface area (Å²) in [6, 6.07) is 6.45. The number of aromatic hydroxyl groups is 1. The second-order valence-corrected chi connectivity index (χ2v) is 3.38. The monoisotopic (exact) mass is 193 g/mol. The van der Waals surface area contributed by atoms with Gasteiger partial charge in [-0.2, -0.15) is 0 Å². The molecule has 0 bridgehead atoms. The van der Waals surface area contributed by atoms with Gasteiger partial charge < -0.3 is 15.1 Å². The Morgan fingerprint density at radius 3 is 2.79 bits per heavy atom. The van der Waals surface area contributed by atoms with Crippen molar-refractivity contribution in [2.45, 2.75) is 12.5 Å². The van der Waals surface area contributed by atoms with Gasteiger partial charge in [0, 0.05) is 11.8 Å². The molecule has 1 aromatic carbocycles. The van der Waals surface area contributed by atoms with E-state index in [2.05, 4.69) is 0 Å². The molecule has 1 atom stereocenters. The first kappa shape index (κ1) is 9.02. The van der Waals surface area contributed by atoms with E-state index in [9.17, 15) is 15.0 Å². The fourth-order valence-corrected chi connectivity index (χ4v) is 1.60. The molecule has 1 saturated heterocycles. The Hall–Kier alpha value is -1.55. The maximum absolute atomic E-state index is 11.4. The Morgan fingerprint density at radius 2 is 2.21 bits per heavy atom. The van der Waals surface area contributed by atoms with Gasteiger partial charge in [0.2, 0.25) is 5.91 Å². The lowest BCUT2D eigenvalue weighted by atomic mass is 10.3. The number of aliphatic hydroxyl groups excluding tert-OH is 1. The zero-order chi connectivity index (χ0) is 10.1. The van der Waals surface area contributed by atoms with Gasteiger partial charge in [0.15, 0.2) is 0 Å². The summed E-state index contributed by atoms with van der Waals surface area (Å²) in [4.78, 5) is 12.9. The first-order valence-corrected chi connectivity index (χ1v) is 4.44. The number of nitrogens with zero attached hydrogens (tertiary/aromatic N) is 1. The van der Waals surface area contributed by atoms with E-state index in [1.54, 1.807) is 18.2 Å². The van der Waals surface area contributed by atoms with Crippen LogP contribution < -0.4 is 4.90 Å². The van der Waals surface area contributed by atoms with Crippen LogP contribution in [0.2, 0.25) is 0 Å². The highest BCUT2D eigenvalue weighted by Crippen LogP contribution is 2.24. The molecule has 0 radical (unpaired) electrons. The van der Waals surface area contributed by atoms with Crippen molar-refractivity contribution in [2.24, 2.45) is 0 Å². The van der Waals surface area contributed by atoms with Crippen LogP contribution in [0.4, 0.5) is 5.69 Å². The molecule has 1 aromatic rings. The van der Waals surface area contributed by atoms with E-state index in [0.29, 0.717) is 12.2 Å². The Morgan fingerprint density at radius 1 is 1.43 bits per heavy atom. The molecule has 1 unspecified atom stereocenters. The topological polar surface area (TPSA) is 60.8 Å². The molecule has 1 aliphatic rings. The molecule has 74 valence electrons. The number of β-amino-alcohol motifs (C(OH)–C–C–N with tert-alkyl or cyclic N) is 1. The number of hydrogen-bond donors (Lipinski definition) is 2. The molecule has 0 aromatic heterocycles.